The third kappa shape index (κ3) is 4.87. The zero-order valence-corrected chi connectivity index (χ0v) is 28.4. The molecule has 2 unspecified atom stereocenters. The van der Waals surface area contributed by atoms with Gasteiger partial charge in [-0.1, -0.05) is 158 Å². The lowest BCUT2D eigenvalue weighted by atomic mass is 9.62. The van der Waals surface area contributed by atoms with Crippen LogP contribution in [-0.4, -0.2) is 15.0 Å². The zero-order chi connectivity index (χ0) is 34.5. The summed E-state index contributed by atoms with van der Waals surface area (Å²) < 4.78 is 6.35. The van der Waals surface area contributed by atoms with Crippen LogP contribution in [0.25, 0.3) is 67.6 Å². The van der Waals surface area contributed by atoms with Crippen LogP contribution in [0.15, 0.2) is 186 Å². The van der Waals surface area contributed by atoms with Gasteiger partial charge in [-0.05, 0) is 75.5 Å². The van der Waals surface area contributed by atoms with Crippen LogP contribution in [-0.2, 0) is 5.41 Å². The average molecular weight is 668 g/mol. The van der Waals surface area contributed by atoms with Gasteiger partial charge in [-0.25, -0.2) is 15.0 Å². The van der Waals surface area contributed by atoms with Gasteiger partial charge in [0.15, 0.2) is 23.2 Å². The van der Waals surface area contributed by atoms with E-state index < -0.39 is 5.41 Å². The molecule has 4 nitrogen and oxygen atoms in total. The van der Waals surface area contributed by atoms with Gasteiger partial charge >= 0.3 is 0 Å². The minimum Gasteiger partial charge on any atom is -0.453 e. The summed E-state index contributed by atoms with van der Waals surface area (Å²) in [6.07, 6.45) is 9.97. The van der Waals surface area contributed by atoms with Crippen LogP contribution in [0.5, 0.6) is 0 Å². The fraction of sp³-hybridized carbons (Fsp3) is 0.0625. The smallest absolute Gasteiger partial charge is 0.199 e. The Bertz CT molecular complexity index is 2640. The Morgan fingerprint density at radius 1 is 0.500 bits per heavy atom. The second kappa shape index (κ2) is 12.3. The molecule has 2 heterocycles. The molecule has 0 spiro atoms. The molecule has 2 atom stereocenters. The highest BCUT2D eigenvalue weighted by atomic mass is 16.3. The minimum absolute atomic E-state index is 0.221. The molecule has 2 aliphatic rings. The van der Waals surface area contributed by atoms with Crippen LogP contribution in [0.3, 0.4) is 0 Å². The molecule has 246 valence electrons. The number of benzene rings is 6. The monoisotopic (exact) mass is 667 g/mol. The topological polar surface area (TPSA) is 51.8 Å². The number of allylic oxidation sites excluding steroid dienone is 4. The average Bonchev–Trinajstić information content (AvgIpc) is 3.80. The summed E-state index contributed by atoms with van der Waals surface area (Å²) >= 11 is 0. The first-order chi connectivity index (χ1) is 25.8. The summed E-state index contributed by atoms with van der Waals surface area (Å²) in [4.78, 5) is 15.4. The number of hydrogen-bond donors (Lipinski definition) is 0. The van der Waals surface area contributed by atoms with Gasteiger partial charge < -0.3 is 4.42 Å². The van der Waals surface area contributed by atoms with Crippen LogP contribution >= 0.6 is 0 Å². The van der Waals surface area contributed by atoms with Crippen molar-refractivity contribution in [3.05, 3.63) is 199 Å². The molecule has 52 heavy (non-hydrogen) atoms. The highest BCUT2D eigenvalue weighted by Gasteiger charge is 2.49. The number of fused-ring (bicyclic) bond motifs is 4. The molecule has 0 saturated carbocycles. The summed E-state index contributed by atoms with van der Waals surface area (Å²) in [6, 6.07) is 55.5. The van der Waals surface area contributed by atoms with Gasteiger partial charge in [0.1, 0.15) is 5.58 Å². The number of para-hydroxylation sites is 1. The normalized spacial score (nSPS) is 17.3. The maximum atomic E-state index is 6.35. The minimum atomic E-state index is -0.397. The molecule has 0 bridgehead atoms. The van der Waals surface area contributed by atoms with Crippen molar-refractivity contribution in [2.45, 2.75) is 11.8 Å². The highest BCUT2D eigenvalue weighted by molar-refractivity contribution is 5.87. The Morgan fingerprint density at radius 3 is 1.98 bits per heavy atom. The van der Waals surface area contributed by atoms with Gasteiger partial charge in [0.05, 0.1) is 5.41 Å². The van der Waals surface area contributed by atoms with Crippen molar-refractivity contribution in [1.82, 2.24) is 15.0 Å². The van der Waals surface area contributed by atoms with Crippen molar-refractivity contribution in [3.63, 3.8) is 0 Å². The van der Waals surface area contributed by atoms with Gasteiger partial charge in [0.25, 0.3) is 0 Å². The van der Waals surface area contributed by atoms with E-state index in [2.05, 4.69) is 146 Å². The Balaban J connectivity index is 1.20. The first kappa shape index (κ1) is 30.2. The van der Waals surface area contributed by atoms with E-state index in [1.807, 2.05) is 36.4 Å². The molecule has 4 heteroatoms. The number of hydrogen-bond acceptors (Lipinski definition) is 4. The molecule has 0 fully saturated rings. The van der Waals surface area contributed by atoms with Crippen LogP contribution < -0.4 is 0 Å². The van der Waals surface area contributed by atoms with Gasteiger partial charge in [0, 0.05) is 16.5 Å². The number of furan rings is 1. The number of rotatable bonds is 6. The highest BCUT2D eigenvalue weighted by Crippen LogP contribution is 2.58. The molecule has 8 aromatic rings. The summed E-state index contributed by atoms with van der Waals surface area (Å²) in [6.45, 7) is 0. The molecule has 0 radical (unpaired) electrons. The fourth-order valence-corrected chi connectivity index (χ4v) is 8.28. The summed E-state index contributed by atoms with van der Waals surface area (Å²) in [5, 5.41) is 1.00. The van der Waals surface area contributed by atoms with E-state index in [1.165, 1.54) is 27.8 Å². The largest absolute Gasteiger partial charge is 0.453 e. The van der Waals surface area contributed by atoms with E-state index in [9.17, 15) is 0 Å². The molecule has 0 N–H and O–H groups in total. The van der Waals surface area contributed by atoms with Gasteiger partial charge in [-0.3, -0.25) is 0 Å². The van der Waals surface area contributed by atoms with Crippen molar-refractivity contribution in [2.75, 3.05) is 0 Å². The van der Waals surface area contributed by atoms with Crippen LogP contribution in [0.2, 0.25) is 0 Å². The molecule has 0 saturated heterocycles. The van der Waals surface area contributed by atoms with E-state index in [1.54, 1.807) is 0 Å². The van der Waals surface area contributed by atoms with E-state index in [0.717, 1.165) is 39.6 Å². The standard InChI is InChI=1S/C48H33N3O/c1-4-15-32(16-5-1)33-18-14-19-35(29-33)45-49-46(51-47(50-45)44-31-34-17-10-13-26-43(34)52-44)36-27-28-40-39-24-11-12-25-41(39)48(42(40)30-36,37-20-6-2-7-21-37)38-22-8-3-9-23-38/h1-22,24-31,38H,23H2. The molecule has 0 aliphatic heterocycles. The van der Waals surface area contributed by atoms with E-state index in [-0.39, 0.29) is 5.92 Å². The maximum absolute atomic E-state index is 6.35. The molecule has 0 amide bonds. The number of aromatic nitrogens is 3. The molecule has 2 aromatic heterocycles. The predicted octanol–water partition coefficient (Wildman–Crippen LogP) is 11.7. The zero-order valence-electron chi connectivity index (χ0n) is 28.4. The lowest BCUT2D eigenvalue weighted by Crippen LogP contribution is -2.35. The lowest BCUT2D eigenvalue weighted by Gasteiger charge is -2.39. The van der Waals surface area contributed by atoms with Crippen molar-refractivity contribution in [3.8, 4) is 56.6 Å². The second-order valence-corrected chi connectivity index (χ2v) is 13.5. The first-order valence-electron chi connectivity index (χ1n) is 17.8. The van der Waals surface area contributed by atoms with Crippen LogP contribution in [0.4, 0.5) is 0 Å². The SMILES string of the molecule is C1=CCC(C2(c3ccccc3)c3ccccc3-c3ccc(-c4nc(-c5cccc(-c6ccccc6)c5)nc(-c5cc6ccccc6o5)n4)cc32)C=C1. The molecule has 6 aromatic carbocycles. The molecule has 2 aliphatic carbocycles. The first-order valence-corrected chi connectivity index (χ1v) is 17.8. The van der Waals surface area contributed by atoms with E-state index in [4.69, 9.17) is 19.4 Å². The quantitative estimate of drug-likeness (QED) is 0.177. The second-order valence-electron chi connectivity index (χ2n) is 13.5. The van der Waals surface area contributed by atoms with Gasteiger partial charge in [-0.15, -0.1) is 0 Å². The predicted molar refractivity (Wildman–Crippen MR) is 209 cm³/mol. The van der Waals surface area contributed by atoms with Crippen LogP contribution in [0.1, 0.15) is 23.1 Å². The Kier molecular flexibility index (Phi) is 7.14. The van der Waals surface area contributed by atoms with Crippen molar-refractivity contribution in [1.29, 1.82) is 0 Å². The van der Waals surface area contributed by atoms with Crippen molar-refractivity contribution >= 4 is 11.0 Å². The Labute approximate surface area is 302 Å². The third-order valence-electron chi connectivity index (χ3n) is 10.6. The summed E-state index contributed by atoms with van der Waals surface area (Å²) in [5.74, 6) is 2.52. The number of nitrogens with zero attached hydrogens (tertiary/aromatic N) is 3. The van der Waals surface area contributed by atoms with Crippen molar-refractivity contribution in [2.24, 2.45) is 5.92 Å². The maximum Gasteiger partial charge on any atom is 0.199 e. The summed E-state index contributed by atoms with van der Waals surface area (Å²) in [7, 11) is 0. The molecule has 10 rings (SSSR count). The van der Waals surface area contributed by atoms with Crippen molar-refractivity contribution < 1.29 is 4.42 Å². The van der Waals surface area contributed by atoms with Gasteiger partial charge in [0.2, 0.25) is 0 Å². The fourth-order valence-electron chi connectivity index (χ4n) is 8.28. The van der Waals surface area contributed by atoms with E-state index >= 15 is 0 Å². The van der Waals surface area contributed by atoms with Crippen LogP contribution in [0, 0.1) is 5.92 Å². The molecular formula is C48H33N3O. The lowest BCUT2D eigenvalue weighted by molar-refractivity contribution is 0.457. The van der Waals surface area contributed by atoms with E-state index in [0.29, 0.717) is 23.2 Å². The molecular weight excluding hydrogens is 635 g/mol. The third-order valence-corrected chi connectivity index (χ3v) is 10.6. The summed E-state index contributed by atoms with van der Waals surface area (Å²) in [5.41, 5.74) is 10.9. The Morgan fingerprint density at radius 2 is 1.17 bits per heavy atom. The Hall–Kier alpha value is -6.65. The van der Waals surface area contributed by atoms with Gasteiger partial charge in [-0.2, -0.15) is 0 Å².